The molecule has 2 aromatic carbocycles. The second kappa shape index (κ2) is 10.2. The molecule has 8 nitrogen and oxygen atoms in total. The average molecular weight is 588 g/mol. The number of pyridine rings is 1. The zero-order valence-electron chi connectivity index (χ0n) is 24.1. The fraction of sp³-hybridized carbons (Fsp3) is 0.375. The number of halogens is 3. The fourth-order valence-electron chi connectivity index (χ4n) is 6.54. The molecule has 0 bridgehead atoms. The molecule has 1 saturated carbocycles. The molecule has 4 aromatic rings. The van der Waals surface area contributed by atoms with Gasteiger partial charge in [0.1, 0.15) is 18.0 Å². The van der Waals surface area contributed by atoms with Crippen LogP contribution in [0.25, 0.3) is 22.5 Å². The summed E-state index contributed by atoms with van der Waals surface area (Å²) in [5.74, 6) is 0.992. The van der Waals surface area contributed by atoms with Crippen molar-refractivity contribution in [1.82, 2.24) is 24.6 Å². The predicted octanol–water partition coefficient (Wildman–Crippen LogP) is 6.14. The van der Waals surface area contributed by atoms with Crippen molar-refractivity contribution < 1.29 is 18.0 Å². The van der Waals surface area contributed by atoms with E-state index in [4.69, 9.17) is 0 Å². The molecule has 3 aliphatic rings. The number of anilines is 2. The molecule has 1 amide bonds. The number of rotatable bonds is 7. The van der Waals surface area contributed by atoms with E-state index in [-0.39, 0.29) is 23.5 Å². The van der Waals surface area contributed by atoms with Crippen LogP contribution in [0.2, 0.25) is 0 Å². The van der Waals surface area contributed by atoms with Crippen LogP contribution in [0.1, 0.15) is 53.2 Å². The summed E-state index contributed by atoms with van der Waals surface area (Å²) in [5, 5.41) is 11.5. The summed E-state index contributed by atoms with van der Waals surface area (Å²) in [7, 11) is 1.86. The van der Waals surface area contributed by atoms with E-state index in [1.807, 2.05) is 48.9 Å². The lowest BCUT2D eigenvalue weighted by Crippen LogP contribution is -2.24. The van der Waals surface area contributed by atoms with E-state index in [1.54, 1.807) is 18.5 Å². The van der Waals surface area contributed by atoms with Gasteiger partial charge in [0.2, 0.25) is 0 Å². The third-order valence-corrected chi connectivity index (χ3v) is 8.92. The SMILES string of the molecule is CCNc1cc(-c2ccccc2-c2nncn2C)cc(N2Cc3c(cc(CN4CCC5(CC5)C4)cc3C(F)(F)F)C2=O)n1. The number of nitrogens with one attached hydrogen (secondary N) is 1. The molecule has 1 spiro atoms. The number of nitrogens with zero attached hydrogens (tertiary/aromatic N) is 6. The predicted molar refractivity (Wildman–Crippen MR) is 157 cm³/mol. The van der Waals surface area contributed by atoms with Gasteiger partial charge in [0.15, 0.2) is 5.82 Å². The van der Waals surface area contributed by atoms with Gasteiger partial charge < -0.3 is 9.88 Å². The minimum atomic E-state index is -4.58. The molecule has 1 saturated heterocycles. The van der Waals surface area contributed by atoms with Crippen molar-refractivity contribution in [2.75, 3.05) is 29.9 Å². The first-order chi connectivity index (χ1) is 20.6. The molecule has 2 fully saturated rings. The summed E-state index contributed by atoms with van der Waals surface area (Å²) < 4.78 is 45.0. The molecule has 2 aliphatic heterocycles. The smallest absolute Gasteiger partial charge is 0.370 e. The van der Waals surface area contributed by atoms with Gasteiger partial charge in [0, 0.05) is 37.8 Å². The van der Waals surface area contributed by atoms with E-state index in [2.05, 4.69) is 25.4 Å². The number of aromatic nitrogens is 4. The van der Waals surface area contributed by atoms with E-state index in [0.717, 1.165) is 36.2 Å². The largest absolute Gasteiger partial charge is 0.416 e. The third kappa shape index (κ3) is 5.05. The van der Waals surface area contributed by atoms with Crippen LogP contribution in [-0.4, -0.2) is 50.2 Å². The number of likely N-dealkylation sites (tertiary alicyclic amines) is 1. The Bertz CT molecular complexity index is 1730. The number of fused-ring (bicyclic) bond motifs is 1. The van der Waals surface area contributed by atoms with Gasteiger partial charge >= 0.3 is 6.18 Å². The lowest BCUT2D eigenvalue weighted by molar-refractivity contribution is -0.138. The maximum atomic E-state index is 14.4. The van der Waals surface area contributed by atoms with E-state index in [9.17, 15) is 18.0 Å². The molecule has 2 aromatic heterocycles. The molecule has 11 heteroatoms. The summed E-state index contributed by atoms with van der Waals surface area (Å²) in [5.41, 5.74) is 2.66. The van der Waals surface area contributed by atoms with Crippen LogP contribution in [0.5, 0.6) is 0 Å². The van der Waals surface area contributed by atoms with E-state index < -0.39 is 17.6 Å². The maximum absolute atomic E-state index is 14.4. The monoisotopic (exact) mass is 587 g/mol. The Hall–Kier alpha value is -4.25. The van der Waals surface area contributed by atoms with Gasteiger partial charge in [0.05, 0.1) is 12.1 Å². The molecule has 0 radical (unpaired) electrons. The van der Waals surface area contributed by atoms with Crippen molar-refractivity contribution in [2.45, 2.75) is 45.5 Å². The van der Waals surface area contributed by atoms with Gasteiger partial charge in [-0.05, 0) is 84.7 Å². The van der Waals surface area contributed by atoms with Crippen molar-refractivity contribution in [1.29, 1.82) is 0 Å². The number of benzene rings is 2. The lowest BCUT2D eigenvalue weighted by atomic mass is 9.98. The zero-order chi connectivity index (χ0) is 29.9. The molecule has 4 heterocycles. The highest BCUT2D eigenvalue weighted by atomic mass is 19.4. The normalized spacial score (nSPS) is 17.6. The number of hydrogen-bond acceptors (Lipinski definition) is 6. The van der Waals surface area contributed by atoms with Crippen LogP contribution >= 0.6 is 0 Å². The highest BCUT2D eigenvalue weighted by Gasteiger charge is 2.47. The average Bonchev–Trinajstić information content (AvgIpc) is 3.24. The molecule has 7 rings (SSSR count). The number of amides is 1. The summed E-state index contributed by atoms with van der Waals surface area (Å²) in [6.45, 7) is 4.49. The minimum Gasteiger partial charge on any atom is -0.370 e. The Kier molecular flexibility index (Phi) is 6.53. The first kappa shape index (κ1) is 27.6. The topological polar surface area (TPSA) is 79.2 Å². The Morgan fingerprint density at radius 1 is 1.02 bits per heavy atom. The Morgan fingerprint density at radius 2 is 1.81 bits per heavy atom. The van der Waals surface area contributed by atoms with E-state index in [0.29, 0.717) is 35.7 Å². The van der Waals surface area contributed by atoms with Crippen molar-refractivity contribution in [2.24, 2.45) is 12.5 Å². The molecular weight excluding hydrogens is 555 g/mol. The fourth-order valence-corrected chi connectivity index (χ4v) is 6.54. The first-order valence-electron chi connectivity index (χ1n) is 14.6. The second-order valence-corrected chi connectivity index (χ2v) is 12.0. The van der Waals surface area contributed by atoms with Crippen molar-refractivity contribution in [3.63, 3.8) is 0 Å². The Morgan fingerprint density at radius 3 is 2.49 bits per heavy atom. The number of carbonyl (C=O) groups excluding carboxylic acids is 1. The molecule has 0 atom stereocenters. The lowest BCUT2D eigenvalue weighted by Gasteiger charge is -2.19. The minimum absolute atomic E-state index is 0.00183. The van der Waals surface area contributed by atoms with E-state index in [1.165, 1.54) is 23.8 Å². The number of hydrogen-bond donors (Lipinski definition) is 1. The van der Waals surface area contributed by atoms with Crippen LogP contribution in [0.15, 0.2) is 54.9 Å². The number of aryl methyl sites for hydroxylation is 1. The van der Waals surface area contributed by atoms with Gasteiger partial charge in [-0.15, -0.1) is 10.2 Å². The summed E-state index contributed by atoms with van der Waals surface area (Å²) in [6.07, 6.45) is 0.511. The summed E-state index contributed by atoms with van der Waals surface area (Å²) in [4.78, 5) is 22.1. The Balaban J connectivity index is 1.27. The van der Waals surface area contributed by atoms with Crippen molar-refractivity contribution in [3.8, 4) is 22.5 Å². The highest BCUT2D eigenvalue weighted by Crippen LogP contribution is 2.53. The third-order valence-electron chi connectivity index (χ3n) is 8.92. The number of alkyl halides is 3. The van der Waals surface area contributed by atoms with Gasteiger partial charge in [-0.1, -0.05) is 24.3 Å². The van der Waals surface area contributed by atoms with Gasteiger partial charge in [-0.25, -0.2) is 4.98 Å². The van der Waals surface area contributed by atoms with Gasteiger partial charge in [-0.2, -0.15) is 13.2 Å². The Labute approximate surface area is 247 Å². The molecule has 43 heavy (non-hydrogen) atoms. The molecule has 222 valence electrons. The summed E-state index contributed by atoms with van der Waals surface area (Å²) in [6, 6.07) is 14.2. The molecule has 1 aliphatic carbocycles. The van der Waals surface area contributed by atoms with Gasteiger partial charge in [-0.3, -0.25) is 14.6 Å². The van der Waals surface area contributed by atoms with Crippen molar-refractivity contribution in [3.05, 3.63) is 77.1 Å². The van der Waals surface area contributed by atoms with Crippen LogP contribution in [0, 0.1) is 5.41 Å². The second-order valence-electron chi connectivity index (χ2n) is 12.0. The molecule has 0 unspecified atom stereocenters. The first-order valence-corrected chi connectivity index (χ1v) is 14.6. The van der Waals surface area contributed by atoms with Crippen LogP contribution in [0.4, 0.5) is 24.8 Å². The molecular formula is C32H32F3N7O. The van der Waals surface area contributed by atoms with Gasteiger partial charge in [0.25, 0.3) is 5.91 Å². The standard InChI is InChI=1S/C32H32F3N7O/c1-3-36-27-14-21(22-6-4-5-7-23(22)29-39-37-19-40(29)2)15-28(38-27)42-17-25-24(30(42)43)12-20(13-26(25)32(33,34)35)16-41-11-10-31(18-41)8-9-31/h4-7,12-15,19H,3,8-11,16-18H2,1-2H3,(H,36,38). The van der Waals surface area contributed by atoms with Crippen LogP contribution < -0.4 is 10.2 Å². The number of carbonyl (C=O) groups is 1. The maximum Gasteiger partial charge on any atom is 0.416 e. The quantitative estimate of drug-likeness (QED) is 0.280. The van der Waals surface area contributed by atoms with Crippen LogP contribution in [0.3, 0.4) is 0 Å². The summed E-state index contributed by atoms with van der Waals surface area (Å²) >= 11 is 0. The van der Waals surface area contributed by atoms with Crippen LogP contribution in [-0.2, 0) is 26.3 Å². The van der Waals surface area contributed by atoms with Crippen molar-refractivity contribution >= 4 is 17.5 Å². The van der Waals surface area contributed by atoms with E-state index >= 15 is 0 Å². The molecule has 1 N–H and O–H groups in total. The highest BCUT2D eigenvalue weighted by molar-refractivity contribution is 6.10. The zero-order valence-corrected chi connectivity index (χ0v) is 24.1.